The van der Waals surface area contributed by atoms with Crippen LogP contribution in [-0.4, -0.2) is 35.4 Å². The van der Waals surface area contributed by atoms with Gasteiger partial charge in [0.15, 0.2) is 0 Å². The quantitative estimate of drug-likeness (QED) is 0.777. The molecular formula is C16H21ClN4O2. The number of benzene rings is 1. The lowest BCUT2D eigenvalue weighted by Gasteiger charge is -2.15. The number of aromatic nitrogens is 2. The van der Waals surface area contributed by atoms with Gasteiger partial charge < -0.3 is 15.4 Å². The Morgan fingerprint density at radius 3 is 3.00 bits per heavy atom. The van der Waals surface area contributed by atoms with Crippen molar-refractivity contribution in [1.29, 1.82) is 0 Å². The van der Waals surface area contributed by atoms with Crippen LogP contribution in [-0.2, 0) is 11.3 Å². The molecule has 0 aliphatic rings. The fourth-order valence-electron chi connectivity index (χ4n) is 2.21. The van der Waals surface area contributed by atoms with Gasteiger partial charge in [0.1, 0.15) is 5.75 Å². The zero-order chi connectivity index (χ0) is 16.7. The number of carbonyl (C=O) groups excluding carboxylic acids is 1. The van der Waals surface area contributed by atoms with Crippen LogP contribution >= 0.6 is 11.6 Å². The van der Waals surface area contributed by atoms with Gasteiger partial charge in [0.2, 0.25) is 5.91 Å². The third kappa shape index (κ3) is 5.49. The van der Waals surface area contributed by atoms with Crippen LogP contribution in [0.5, 0.6) is 5.75 Å². The summed E-state index contributed by atoms with van der Waals surface area (Å²) in [6.45, 7) is 3.10. The molecule has 23 heavy (non-hydrogen) atoms. The third-order valence-electron chi connectivity index (χ3n) is 3.26. The molecule has 1 aromatic heterocycles. The summed E-state index contributed by atoms with van der Waals surface area (Å²) in [5, 5.41) is 10.8. The van der Waals surface area contributed by atoms with Crippen molar-refractivity contribution in [3.05, 3.63) is 41.7 Å². The first-order valence-corrected chi connectivity index (χ1v) is 7.80. The predicted octanol–water partition coefficient (Wildman–Crippen LogP) is 2.55. The molecule has 6 nitrogen and oxygen atoms in total. The van der Waals surface area contributed by atoms with Crippen LogP contribution in [0.2, 0.25) is 5.02 Å². The van der Waals surface area contributed by atoms with Gasteiger partial charge in [0, 0.05) is 36.4 Å². The van der Waals surface area contributed by atoms with E-state index in [1.807, 2.05) is 19.2 Å². The van der Waals surface area contributed by atoms with Crippen molar-refractivity contribution in [3.8, 4) is 5.75 Å². The van der Waals surface area contributed by atoms with Crippen LogP contribution in [0.4, 0.5) is 5.69 Å². The van der Waals surface area contributed by atoms with Crippen molar-refractivity contribution in [2.75, 3.05) is 19.0 Å². The van der Waals surface area contributed by atoms with Crippen molar-refractivity contribution < 1.29 is 9.53 Å². The van der Waals surface area contributed by atoms with E-state index in [1.165, 1.54) is 0 Å². The summed E-state index contributed by atoms with van der Waals surface area (Å²) in [7, 11) is 1.60. The number of rotatable bonds is 8. The Morgan fingerprint density at radius 1 is 1.48 bits per heavy atom. The Morgan fingerprint density at radius 2 is 2.30 bits per heavy atom. The number of ether oxygens (including phenoxy) is 1. The van der Waals surface area contributed by atoms with E-state index in [1.54, 1.807) is 36.2 Å². The molecule has 2 rings (SSSR count). The van der Waals surface area contributed by atoms with E-state index in [9.17, 15) is 4.79 Å². The number of nitrogens with zero attached hydrogens (tertiary/aromatic N) is 2. The number of anilines is 1. The van der Waals surface area contributed by atoms with Crippen molar-refractivity contribution in [2.24, 2.45) is 0 Å². The minimum Gasteiger partial charge on any atom is -0.495 e. The summed E-state index contributed by atoms with van der Waals surface area (Å²) in [6.07, 6.45) is 3.95. The number of carbonyl (C=O) groups is 1. The first kappa shape index (κ1) is 17.1. The highest BCUT2D eigenvalue weighted by Crippen LogP contribution is 2.27. The molecule has 0 fully saturated rings. The zero-order valence-corrected chi connectivity index (χ0v) is 14.0. The monoisotopic (exact) mass is 336 g/mol. The molecule has 0 aliphatic heterocycles. The van der Waals surface area contributed by atoms with E-state index in [4.69, 9.17) is 16.3 Å². The molecule has 0 radical (unpaired) electrons. The average molecular weight is 337 g/mol. The van der Waals surface area contributed by atoms with Crippen molar-refractivity contribution in [3.63, 3.8) is 0 Å². The molecule has 0 bridgehead atoms. The lowest BCUT2D eigenvalue weighted by molar-refractivity contribution is -0.121. The maximum Gasteiger partial charge on any atom is 0.222 e. The van der Waals surface area contributed by atoms with Gasteiger partial charge in [-0.15, -0.1) is 0 Å². The van der Waals surface area contributed by atoms with Gasteiger partial charge in [0.25, 0.3) is 0 Å². The van der Waals surface area contributed by atoms with Crippen LogP contribution < -0.4 is 15.4 Å². The van der Waals surface area contributed by atoms with Gasteiger partial charge in [-0.25, -0.2) is 0 Å². The van der Waals surface area contributed by atoms with Gasteiger partial charge in [-0.3, -0.25) is 9.48 Å². The van der Waals surface area contributed by atoms with Crippen LogP contribution in [0, 0.1) is 0 Å². The molecule has 0 saturated carbocycles. The average Bonchev–Trinajstić information content (AvgIpc) is 3.00. The summed E-state index contributed by atoms with van der Waals surface area (Å²) in [5.74, 6) is 0.681. The second-order valence-electron chi connectivity index (χ2n) is 5.22. The molecule has 2 N–H and O–H groups in total. The molecule has 0 aliphatic carbocycles. The van der Waals surface area contributed by atoms with E-state index in [0.29, 0.717) is 30.3 Å². The maximum atomic E-state index is 12.0. The summed E-state index contributed by atoms with van der Waals surface area (Å²) in [6, 6.07) is 7.20. The summed E-state index contributed by atoms with van der Waals surface area (Å²) >= 11 is 5.97. The maximum absolute atomic E-state index is 12.0. The Balaban J connectivity index is 1.75. The lowest BCUT2D eigenvalue weighted by Crippen LogP contribution is -2.36. The molecule has 1 heterocycles. The van der Waals surface area contributed by atoms with Crippen molar-refractivity contribution in [1.82, 2.24) is 15.1 Å². The molecule has 124 valence electrons. The number of hydrogen-bond acceptors (Lipinski definition) is 4. The molecule has 1 unspecified atom stereocenters. The molecule has 1 aromatic carbocycles. The number of amides is 1. The van der Waals surface area contributed by atoms with Gasteiger partial charge in [-0.1, -0.05) is 11.6 Å². The first-order valence-electron chi connectivity index (χ1n) is 7.42. The number of halogens is 1. The van der Waals surface area contributed by atoms with E-state index < -0.39 is 0 Å². The van der Waals surface area contributed by atoms with Crippen LogP contribution in [0.15, 0.2) is 36.7 Å². The number of nitrogens with one attached hydrogen (secondary N) is 2. The smallest absolute Gasteiger partial charge is 0.222 e. The van der Waals surface area contributed by atoms with Crippen LogP contribution in [0.3, 0.4) is 0 Å². The lowest BCUT2D eigenvalue weighted by atomic mass is 10.2. The highest BCUT2D eigenvalue weighted by atomic mass is 35.5. The molecule has 0 spiro atoms. The largest absolute Gasteiger partial charge is 0.495 e. The van der Waals surface area contributed by atoms with Gasteiger partial charge >= 0.3 is 0 Å². The first-order chi connectivity index (χ1) is 11.1. The molecular weight excluding hydrogens is 316 g/mol. The Hall–Kier alpha value is -2.21. The molecule has 1 atom stereocenters. The Labute approximate surface area is 140 Å². The highest BCUT2D eigenvalue weighted by molar-refractivity contribution is 6.30. The van der Waals surface area contributed by atoms with E-state index in [-0.39, 0.29) is 11.9 Å². The molecule has 2 aromatic rings. The SMILES string of the molecule is COc1ccc(Cl)cc1NCCC(=O)NC(C)Cn1cccn1. The fraction of sp³-hybridized carbons (Fsp3) is 0.375. The standard InChI is InChI=1S/C16H21ClN4O2/c1-12(11-21-9-3-7-19-21)20-16(22)6-8-18-14-10-13(17)4-5-15(14)23-2/h3-5,7,9-10,12,18H,6,8,11H2,1-2H3,(H,20,22). The van der Waals surface area contributed by atoms with E-state index in [2.05, 4.69) is 15.7 Å². The van der Waals surface area contributed by atoms with Crippen molar-refractivity contribution >= 4 is 23.2 Å². The van der Waals surface area contributed by atoms with Crippen molar-refractivity contribution in [2.45, 2.75) is 25.9 Å². The second-order valence-corrected chi connectivity index (χ2v) is 5.65. The van der Waals surface area contributed by atoms with E-state index in [0.717, 1.165) is 5.69 Å². The number of hydrogen-bond donors (Lipinski definition) is 2. The molecule has 1 amide bonds. The molecule has 7 heteroatoms. The van der Waals surface area contributed by atoms with Gasteiger partial charge in [-0.05, 0) is 31.2 Å². The van der Waals surface area contributed by atoms with Gasteiger partial charge in [-0.2, -0.15) is 5.10 Å². The van der Waals surface area contributed by atoms with Crippen LogP contribution in [0.1, 0.15) is 13.3 Å². The second kappa shape index (κ2) is 8.43. The summed E-state index contributed by atoms with van der Waals surface area (Å²) < 4.78 is 7.04. The topological polar surface area (TPSA) is 68.2 Å². The summed E-state index contributed by atoms with van der Waals surface area (Å²) in [4.78, 5) is 12.0. The Bertz CT molecular complexity index is 631. The minimum atomic E-state index is -0.0156. The molecule has 0 saturated heterocycles. The minimum absolute atomic E-state index is 0.0156. The normalized spacial score (nSPS) is 11.8. The Kier molecular flexibility index (Phi) is 6.29. The van der Waals surface area contributed by atoms with Gasteiger partial charge in [0.05, 0.1) is 19.3 Å². The number of methoxy groups -OCH3 is 1. The third-order valence-corrected chi connectivity index (χ3v) is 3.49. The predicted molar refractivity (Wildman–Crippen MR) is 90.9 cm³/mol. The van der Waals surface area contributed by atoms with Crippen LogP contribution in [0.25, 0.3) is 0 Å². The summed E-state index contributed by atoms with van der Waals surface area (Å²) in [5.41, 5.74) is 0.775. The fourth-order valence-corrected chi connectivity index (χ4v) is 2.38. The van der Waals surface area contributed by atoms with E-state index >= 15 is 0 Å². The zero-order valence-electron chi connectivity index (χ0n) is 13.3. The highest BCUT2D eigenvalue weighted by Gasteiger charge is 2.09.